The van der Waals surface area contributed by atoms with Gasteiger partial charge in [-0.1, -0.05) is 33.3 Å². The van der Waals surface area contributed by atoms with Gasteiger partial charge in [-0.25, -0.2) is 4.79 Å². The van der Waals surface area contributed by atoms with E-state index in [2.05, 4.69) is 20.4 Å². The fraction of sp³-hybridized carbons (Fsp3) is 0.903. The van der Waals surface area contributed by atoms with E-state index in [1.54, 1.807) is 6.92 Å². The van der Waals surface area contributed by atoms with Crippen LogP contribution in [0, 0.1) is 47.3 Å². The molecule has 0 aliphatic heterocycles. The second-order valence-electron chi connectivity index (χ2n) is 12.7. The van der Waals surface area contributed by atoms with E-state index in [9.17, 15) is 15.0 Å². The number of ether oxygens (including phenoxy) is 2. The molecule has 5 heteroatoms. The Bertz CT molecular complexity index is 666. The molecule has 36 heavy (non-hydrogen) atoms. The van der Waals surface area contributed by atoms with Gasteiger partial charge in [0.2, 0.25) is 0 Å². The van der Waals surface area contributed by atoms with Crippen LogP contribution in [0.25, 0.3) is 0 Å². The van der Waals surface area contributed by atoms with Gasteiger partial charge in [-0.2, -0.15) is 0 Å². The van der Waals surface area contributed by atoms with Crippen LogP contribution in [-0.2, 0) is 14.3 Å². The number of rotatable bonds is 12. The molecule has 0 aromatic rings. The lowest BCUT2D eigenvalue weighted by molar-refractivity contribution is -0.140. The molecule has 208 valence electrons. The first-order valence-electron chi connectivity index (χ1n) is 15.0. The summed E-state index contributed by atoms with van der Waals surface area (Å²) in [6, 6.07) is 0. The van der Waals surface area contributed by atoms with Gasteiger partial charge in [0.05, 0.1) is 12.7 Å². The normalized spacial score (nSPS) is 35.5. The van der Waals surface area contributed by atoms with Gasteiger partial charge in [-0.15, -0.1) is 0 Å². The Morgan fingerprint density at radius 2 is 1.56 bits per heavy atom. The van der Waals surface area contributed by atoms with Gasteiger partial charge in [0.25, 0.3) is 0 Å². The maximum atomic E-state index is 11.9. The summed E-state index contributed by atoms with van der Waals surface area (Å²) in [4.78, 5) is 11.9. The van der Waals surface area contributed by atoms with Crippen molar-refractivity contribution in [3.63, 3.8) is 0 Å². The van der Waals surface area contributed by atoms with E-state index >= 15 is 0 Å². The third-order valence-electron chi connectivity index (χ3n) is 10.0. The lowest BCUT2D eigenvalue weighted by Crippen LogP contribution is -2.39. The molecule has 0 bridgehead atoms. The van der Waals surface area contributed by atoms with Gasteiger partial charge >= 0.3 is 5.97 Å². The maximum Gasteiger partial charge on any atom is 0.333 e. The van der Waals surface area contributed by atoms with Crippen molar-refractivity contribution in [3.8, 4) is 0 Å². The number of esters is 1. The molecule has 3 saturated carbocycles. The number of hydrogen-bond donors (Lipinski definition) is 2. The van der Waals surface area contributed by atoms with Crippen LogP contribution in [-0.4, -0.2) is 48.7 Å². The average molecular weight is 507 g/mol. The molecule has 0 radical (unpaired) electrons. The molecule has 5 nitrogen and oxygen atoms in total. The molecule has 6 atom stereocenters. The van der Waals surface area contributed by atoms with Crippen LogP contribution in [0.2, 0.25) is 0 Å². The highest BCUT2D eigenvalue weighted by Gasteiger charge is 2.40. The predicted octanol–water partition coefficient (Wildman–Crippen LogP) is 6.17. The molecule has 0 spiro atoms. The molecule has 3 fully saturated rings. The lowest BCUT2D eigenvalue weighted by Gasteiger charge is -2.46. The first kappa shape index (κ1) is 29.6. The topological polar surface area (TPSA) is 76.0 Å². The summed E-state index contributed by atoms with van der Waals surface area (Å²) in [6.45, 7) is 11.3. The van der Waals surface area contributed by atoms with Gasteiger partial charge < -0.3 is 19.7 Å². The van der Waals surface area contributed by atoms with Gasteiger partial charge in [0.1, 0.15) is 0 Å². The van der Waals surface area contributed by atoms with Crippen molar-refractivity contribution in [2.75, 3.05) is 26.4 Å². The summed E-state index contributed by atoms with van der Waals surface area (Å²) in [5.41, 5.74) is 0.446. The Morgan fingerprint density at radius 1 is 0.889 bits per heavy atom. The fourth-order valence-electron chi connectivity index (χ4n) is 7.58. The van der Waals surface area contributed by atoms with E-state index in [1.165, 1.54) is 51.4 Å². The zero-order valence-corrected chi connectivity index (χ0v) is 23.3. The van der Waals surface area contributed by atoms with E-state index in [0.717, 1.165) is 54.8 Å². The van der Waals surface area contributed by atoms with Crippen LogP contribution < -0.4 is 0 Å². The Labute approximate surface area is 220 Å². The van der Waals surface area contributed by atoms with Crippen molar-refractivity contribution in [2.24, 2.45) is 47.3 Å². The van der Waals surface area contributed by atoms with Gasteiger partial charge in [0.15, 0.2) is 0 Å². The van der Waals surface area contributed by atoms with Crippen molar-refractivity contribution in [1.29, 1.82) is 0 Å². The lowest BCUT2D eigenvalue weighted by atomic mass is 9.61. The van der Waals surface area contributed by atoms with Gasteiger partial charge in [0, 0.05) is 31.3 Å². The Hall–Kier alpha value is -0.910. The van der Waals surface area contributed by atoms with E-state index < -0.39 is 0 Å². The zero-order chi connectivity index (χ0) is 26.1. The molecular weight excluding hydrogens is 452 g/mol. The quantitative estimate of drug-likeness (QED) is 0.245. The molecule has 0 aromatic heterocycles. The summed E-state index contributed by atoms with van der Waals surface area (Å²) in [6.07, 6.45) is 15.0. The second kappa shape index (κ2) is 14.9. The van der Waals surface area contributed by atoms with E-state index in [0.29, 0.717) is 31.1 Å². The number of carbonyl (C=O) groups is 1. The number of carbonyl (C=O) groups excluding carboxylic acids is 1. The maximum absolute atomic E-state index is 11.9. The average Bonchev–Trinajstić information content (AvgIpc) is 2.87. The van der Waals surface area contributed by atoms with E-state index in [1.807, 2.05) is 0 Å². The summed E-state index contributed by atoms with van der Waals surface area (Å²) in [5, 5.41) is 18.7. The smallest absolute Gasteiger partial charge is 0.333 e. The van der Waals surface area contributed by atoms with Crippen molar-refractivity contribution >= 4 is 5.97 Å². The van der Waals surface area contributed by atoms with Crippen molar-refractivity contribution in [1.82, 2.24) is 0 Å². The van der Waals surface area contributed by atoms with Crippen LogP contribution in [0.1, 0.15) is 97.8 Å². The summed E-state index contributed by atoms with van der Waals surface area (Å²) < 4.78 is 11.8. The minimum atomic E-state index is -0.308. The summed E-state index contributed by atoms with van der Waals surface area (Å²) in [5.74, 6) is 5.12. The van der Waals surface area contributed by atoms with E-state index in [4.69, 9.17) is 9.47 Å². The van der Waals surface area contributed by atoms with Crippen LogP contribution in [0.4, 0.5) is 0 Å². The summed E-state index contributed by atoms with van der Waals surface area (Å²) in [7, 11) is 0. The highest BCUT2D eigenvalue weighted by Crippen LogP contribution is 2.49. The van der Waals surface area contributed by atoms with Crippen LogP contribution in [0.3, 0.4) is 0 Å². The molecule has 0 amide bonds. The SMILES string of the molecule is C=C(C)C(=O)OCCC1CC(C2CCC(C3CCC(C)CC3)CC2C)CCC1OCCC(CO)CO. The molecule has 3 rings (SSSR count). The minimum absolute atomic E-state index is 0.00662. The van der Waals surface area contributed by atoms with Gasteiger partial charge in [-0.05, 0) is 113 Å². The molecule has 6 unspecified atom stereocenters. The Balaban J connectivity index is 1.54. The minimum Gasteiger partial charge on any atom is -0.462 e. The molecule has 3 aliphatic carbocycles. The second-order valence-corrected chi connectivity index (χ2v) is 12.7. The van der Waals surface area contributed by atoms with E-state index in [-0.39, 0.29) is 31.2 Å². The molecule has 0 heterocycles. The monoisotopic (exact) mass is 506 g/mol. The zero-order valence-electron chi connectivity index (χ0n) is 23.3. The highest BCUT2D eigenvalue weighted by atomic mass is 16.5. The number of hydrogen-bond acceptors (Lipinski definition) is 5. The van der Waals surface area contributed by atoms with Crippen molar-refractivity contribution in [2.45, 2.75) is 104 Å². The first-order valence-corrected chi connectivity index (χ1v) is 15.0. The van der Waals surface area contributed by atoms with Crippen LogP contribution in [0.5, 0.6) is 0 Å². The van der Waals surface area contributed by atoms with Crippen molar-refractivity contribution in [3.05, 3.63) is 12.2 Å². The molecular formula is C31H54O5. The summed E-state index contributed by atoms with van der Waals surface area (Å²) >= 11 is 0. The third-order valence-corrected chi connectivity index (χ3v) is 10.0. The number of aliphatic hydroxyl groups excluding tert-OH is 2. The van der Waals surface area contributed by atoms with Gasteiger partial charge in [-0.3, -0.25) is 0 Å². The van der Waals surface area contributed by atoms with Crippen LogP contribution in [0.15, 0.2) is 12.2 Å². The highest BCUT2D eigenvalue weighted by molar-refractivity contribution is 5.86. The van der Waals surface area contributed by atoms with Crippen LogP contribution >= 0.6 is 0 Å². The molecule has 0 aromatic carbocycles. The molecule has 3 aliphatic rings. The number of aliphatic hydroxyl groups is 2. The predicted molar refractivity (Wildman–Crippen MR) is 144 cm³/mol. The fourth-order valence-corrected chi connectivity index (χ4v) is 7.58. The molecule has 2 N–H and O–H groups in total. The third kappa shape index (κ3) is 8.56. The largest absolute Gasteiger partial charge is 0.462 e. The first-order chi connectivity index (χ1) is 17.3. The molecule has 0 saturated heterocycles. The Kier molecular flexibility index (Phi) is 12.3. The Morgan fingerprint density at radius 3 is 2.19 bits per heavy atom. The standard InChI is InChI=1S/C31H54O5/c1-21(2)31(34)36-16-14-28-18-27(10-12-30(28)35-15-13-24(19-32)20-33)29-11-9-26(17-23(29)4)25-7-5-22(3)6-8-25/h22-30,32-33H,1,5-20H2,2-4H3. The van der Waals surface area contributed by atoms with Crippen molar-refractivity contribution < 1.29 is 24.5 Å².